The predicted octanol–water partition coefficient (Wildman–Crippen LogP) is -2.22. The van der Waals surface area contributed by atoms with Gasteiger partial charge in [-0.15, -0.1) is 0 Å². The van der Waals surface area contributed by atoms with Crippen LogP contribution >= 0.6 is 0 Å². The number of carbonyl (C=O) groups is 14. The van der Waals surface area contributed by atoms with Gasteiger partial charge in [0, 0.05) is 69.0 Å². The van der Waals surface area contributed by atoms with Gasteiger partial charge in [0.2, 0.25) is 82.7 Å². The van der Waals surface area contributed by atoms with E-state index in [9.17, 15) is 72.2 Å². The molecule has 1 heterocycles. The molecule has 0 aliphatic rings. The molecule has 0 radical (unpaired) electrons. The fourth-order valence-electron chi connectivity index (χ4n) is 10.9. The third-order valence-corrected chi connectivity index (χ3v) is 16.9. The Morgan fingerprint density at radius 1 is 0.439 bits per heavy atom. The molecule has 0 fully saturated rings. The van der Waals surface area contributed by atoms with Crippen molar-refractivity contribution in [1.82, 2.24) is 74.1 Å². The van der Waals surface area contributed by atoms with Gasteiger partial charge in [0.1, 0.15) is 54.1 Å². The summed E-state index contributed by atoms with van der Waals surface area (Å²) >= 11 is 0. The first-order valence-corrected chi connectivity index (χ1v) is 36.7. The molecule has 0 spiro atoms. The summed E-state index contributed by atoms with van der Waals surface area (Å²) in [6, 6.07) is 3.85. The third kappa shape index (κ3) is 37.4. The molecule has 0 bridgehead atoms. The minimum atomic E-state index is -1.25. The molecule has 14 amide bonds. The minimum Gasteiger partial charge on any atom is -0.508 e. The van der Waals surface area contributed by atoms with Crippen molar-refractivity contribution in [3.63, 3.8) is 0 Å². The zero-order valence-electron chi connectivity index (χ0n) is 62.7. The van der Waals surface area contributed by atoms with Crippen molar-refractivity contribution < 1.29 is 72.2 Å². The average molecular weight is 1500 g/mol. The number of guanidine groups is 1. The molecule has 0 saturated heterocycles. The summed E-state index contributed by atoms with van der Waals surface area (Å²) in [5.74, 6) is -8.72. The number of benzene rings is 2. The van der Waals surface area contributed by atoms with Crippen molar-refractivity contribution in [2.75, 3.05) is 45.8 Å². The molecular formula is C72H116N20O15. The maximum atomic E-state index is 14.0. The van der Waals surface area contributed by atoms with E-state index in [2.05, 4.69) is 79.1 Å². The largest absolute Gasteiger partial charge is 0.508 e. The Bertz CT molecular complexity index is 3440. The Kier molecular flexibility index (Phi) is 41.9. The van der Waals surface area contributed by atoms with Gasteiger partial charge >= 0.3 is 0 Å². The number of aliphatic imine (C=N–C) groups is 1. The highest BCUT2D eigenvalue weighted by Gasteiger charge is 2.33. The number of aromatic amines is 1. The van der Waals surface area contributed by atoms with Crippen molar-refractivity contribution in [1.29, 1.82) is 0 Å². The zero-order chi connectivity index (χ0) is 79.5. The maximum Gasteiger partial charge on any atom is 0.243 e. The molecule has 2 aromatic carbocycles. The minimum absolute atomic E-state index is 0.00707. The number of para-hydroxylation sites is 1. The lowest BCUT2D eigenvalue weighted by Crippen LogP contribution is -2.57. The number of aromatic nitrogens is 1. The molecule has 594 valence electrons. The van der Waals surface area contributed by atoms with Gasteiger partial charge in [-0.25, -0.2) is 0 Å². The van der Waals surface area contributed by atoms with Crippen LogP contribution in [-0.4, -0.2) is 199 Å². The second-order valence-electron chi connectivity index (χ2n) is 27.4. The molecular weight excluding hydrogens is 1380 g/mol. The number of H-pyrrole nitrogens is 1. The highest BCUT2D eigenvalue weighted by molar-refractivity contribution is 5.98. The van der Waals surface area contributed by atoms with Crippen molar-refractivity contribution in [3.8, 4) is 5.75 Å². The summed E-state index contributed by atoms with van der Waals surface area (Å²) in [5, 5.41) is 45.0. The first kappa shape index (κ1) is 90.8. The second kappa shape index (κ2) is 49.4. The lowest BCUT2D eigenvalue weighted by molar-refractivity contribution is -0.134. The molecule has 0 aliphatic carbocycles. The van der Waals surface area contributed by atoms with E-state index in [4.69, 9.17) is 28.7 Å². The van der Waals surface area contributed by atoms with Crippen LogP contribution in [0.4, 0.5) is 0 Å². The fraction of sp³-hybridized carbons (Fsp3) is 0.597. The van der Waals surface area contributed by atoms with Gasteiger partial charge in [0.05, 0.1) is 19.1 Å². The summed E-state index contributed by atoms with van der Waals surface area (Å²) in [5.41, 5.74) is 30.7. The summed E-state index contributed by atoms with van der Waals surface area (Å²) in [6.45, 7) is 11.6. The van der Waals surface area contributed by atoms with Crippen LogP contribution in [0.1, 0.15) is 162 Å². The highest BCUT2D eigenvalue weighted by Crippen LogP contribution is 2.20. The Morgan fingerprint density at radius 2 is 0.907 bits per heavy atom. The van der Waals surface area contributed by atoms with E-state index in [0.29, 0.717) is 70.0 Å². The lowest BCUT2D eigenvalue weighted by Gasteiger charge is -2.26. The van der Waals surface area contributed by atoms with E-state index in [-0.39, 0.29) is 119 Å². The smallest absolute Gasteiger partial charge is 0.243 e. The van der Waals surface area contributed by atoms with Crippen molar-refractivity contribution >= 4 is 99.6 Å². The fourth-order valence-corrected chi connectivity index (χ4v) is 10.9. The summed E-state index contributed by atoms with van der Waals surface area (Å²) in [7, 11) is 0. The van der Waals surface area contributed by atoms with Crippen molar-refractivity contribution in [3.05, 3.63) is 65.9 Å². The maximum absolute atomic E-state index is 14.0. The predicted molar refractivity (Wildman–Crippen MR) is 402 cm³/mol. The SMILES string of the molecule is CC(C)C[C@H](NC(=O)CNC(=O)[C@H](C)NC(=O)[C@H](C)NC(=O)[C@H](CCCN=C(N)N)NC(=O)CNC(=O)CCCCNC(=O)CCCCNC(=O)CCCCNC(=O)[C@H](CCCCN)NC(=O)[C@H](Cc1ccc(O)cc1)NC(=O)[C@@H](N)Cc1c[nH]c2ccccc12)C(=O)N[C@@H](CC(C)C)C(=O)N[C@@H](C)C(N)=O. The molecule has 3 rings (SSSR count). The van der Waals surface area contributed by atoms with E-state index in [1.165, 1.54) is 32.9 Å². The highest BCUT2D eigenvalue weighted by atomic mass is 16.3. The van der Waals surface area contributed by atoms with Gasteiger partial charge in [-0.1, -0.05) is 58.0 Å². The number of hydrogen-bond donors (Lipinski definition) is 20. The number of primary amides is 1. The number of amides is 14. The van der Waals surface area contributed by atoms with Crippen molar-refractivity contribution in [2.45, 2.75) is 218 Å². The summed E-state index contributed by atoms with van der Waals surface area (Å²) in [6.07, 6.45) is 7.22. The molecule has 0 aliphatic heterocycles. The van der Waals surface area contributed by atoms with Crippen LogP contribution in [0.25, 0.3) is 10.9 Å². The second-order valence-corrected chi connectivity index (χ2v) is 27.4. The van der Waals surface area contributed by atoms with E-state index in [1.807, 2.05) is 52.0 Å². The Hall–Kier alpha value is -10.5. The summed E-state index contributed by atoms with van der Waals surface area (Å²) < 4.78 is 0. The molecule has 35 nitrogen and oxygen atoms in total. The van der Waals surface area contributed by atoms with Crippen LogP contribution < -0.4 is 97.8 Å². The van der Waals surface area contributed by atoms with Gasteiger partial charge in [-0.05, 0) is 158 Å². The molecule has 0 saturated carbocycles. The Balaban J connectivity index is 1.35. The van der Waals surface area contributed by atoms with Crippen LogP contribution in [-0.2, 0) is 80.0 Å². The normalized spacial score (nSPS) is 13.6. The van der Waals surface area contributed by atoms with Crippen LogP contribution in [0.5, 0.6) is 5.75 Å². The van der Waals surface area contributed by atoms with Gasteiger partial charge in [-0.2, -0.15) is 0 Å². The summed E-state index contributed by atoms with van der Waals surface area (Å²) in [4.78, 5) is 190. The first-order valence-electron chi connectivity index (χ1n) is 36.7. The molecule has 3 aromatic rings. The number of unbranched alkanes of at least 4 members (excludes halogenated alkanes) is 4. The molecule has 1 aromatic heterocycles. The number of phenols is 1. The zero-order valence-corrected chi connectivity index (χ0v) is 62.7. The van der Waals surface area contributed by atoms with E-state index in [1.54, 1.807) is 18.3 Å². The Labute approximate surface area is 624 Å². The number of nitrogens with two attached hydrogens (primary N) is 5. The quantitative estimate of drug-likeness (QED) is 0.0162. The number of aromatic hydroxyl groups is 1. The molecule has 0 unspecified atom stereocenters. The molecule has 35 heteroatoms. The number of rotatable bonds is 52. The number of hydrogen-bond acceptors (Lipinski definition) is 18. The van der Waals surface area contributed by atoms with Crippen LogP contribution in [0.2, 0.25) is 0 Å². The standard InChI is InChI=1S/C72H116N20O15/c1-42(2)35-55(70(106)92-56(36-43(3)4)69(105)85-44(5)63(75)99)89-62(98)41-84-64(100)45(6)86-65(101)46(7)87-68(104)54(22-18-34-81-72(76)77)88-61(97)40-83-60(96)25-12-16-32-79-58(94)23-11-15-31-78-59(95)24-13-17-33-80-67(103)53(21-10-14-30-73)90-71(107)57(37-47-26-28-49(93)29-27-47)91-66(102)51(74)38-48-39-82-52-20-9-8-19-50(48)52/h8-9,19-20,26-29,39,42-46,51,53-57,82,93H,10-18,21-25,30-38,40-41,73-74H2,1-7H3,(H2,75,99)(H,78,95)(H,79,94)(H,80,103)(H,83,96)(H,84,100)(H,85,105)(H,86,101)(H,87,104)(H,88,97)(H,89,98)(H,90,107)(H,91,102)(H,92,106)(H4,76,77,81)/t44-,45-,46-,51-,53-,54-,55-,56-,57-/m0/s1. The van der Waals surface area contributed by atoms with Gasteiger partial charge in [-0.3, -0.25) is 72.1 Å². The van der Waals surface area contributed by atoms with E-state index >= 15 is 0 Å². The third-order valence-electron chi connectivity index (χ3n) is 16.9. The first-order chi connectivity index (χ1) is 50.8. The monoisotopic (exact) mass is 1500 g/mol. The number of carbonyl (C=O) groups excluding carboxylic acids is 14. The number of fused-ring (bicyclic) bond motifs is 1. The number of nitrogens with one attached hydrogen (secondary N) is 14. The molecule has 107 heavy (non-hydrogen) atoms. The van der Waals surface area contributed by atoms with Crippen LogP contribution in [0, 0.1) is 11.8 Å². The topological polar surface area (TPSA) is 574 Å². The van der Waals surface area contributed by atoms with Crippen LogP contribution in [0.15, 0.2) is 59.7 Å². The van der Waals surface area contributed by atoms with Gasteiger partial charge in [0.15, 0.2) is 5.96 Å². The average Bonchev–Trinajstić information content (AvgIpc) is 1.71. The number of phenolic OH excluding ortho intramolecular Hbond substituents is 1. The van der Waals surface area contributed by atoms with Gasteiger partial charge in [0.25, 0.3) is 0 Å². The van der Waals surface area contributed by atoms with E-state index < -0.39 is 138 Å². The van der Waals surface area contributed by atoms with Gasteiger partial charge < -0.3 is 108 Å². The molecule has 25 N–H and O–H groups in total. The number of nitrogens with zero attached hydrogens (tertiary/aromatic N) is 1. The van der Waals surface area contributed by atoms with Crippen LogP contribution in [0.3, 0.4) is 0 Å². The molecule has 9 atom stereocenters. The van der Waals surface area contributed by atoms with Crippen molar-refractivity contribution in [2.24, 2.45) is 45.5 Å². The van der Waals surface area contributed by atoms with E-state index in [0.717, 1.165) is 16.5 Å². The Morgan fingerprint density at radius 3 is 1.49 bits per heavy atom. The lowest BCUT2D eigenvalue weighted by atomic mass is 10.00.